The molecule has 6 heteroatoms. The second kappa shape index (κ2) is 13.0. The third kappa shape index (κ3) is 9.54. The van der Waals surface area contributed by atoms with Crippen LogP contribution in [0.4, 0.5) is 0 Å². The lowest BCUT2D eigenvalue weighted by Gasteiger charge is -2.26. The number of hydrogen-bond acceptors (Lipinski definition) is 5. The van der Waals surface area contributed by atoms with Crippen molar-refractivity contribution in [2.24, 2.45) is 0 Å². The lowest BCUT2D eigenvalue weighted by atomic mass is 10.4. The maximum absolute atomic E-state index is 5.75. The van der Waals surface area contributed by atoms with Crippen molar-refractivity contribution in [2.45, 2.75) is 47.0 Å². The van der Waals surface area contributed by atoms with Crippen LogP contribution in [0.2, 0.25) is 0 Å². The fourth-order valence-electron chi connectivity index (χ4n) is 1.49. The van der Waals surface area contributed by atoms with Crippen molar-refractivity contribution in [2.75, 3.05) is 39.6 Å². The van der Waals surface area contributed by atoms with Gasteiger partial charge in [-0.3, -0.25) is 0 Å². The first-order chi connectivity index (χ1) is 9.24. The van der Waals surface area contributed by atoms with Gasteiger partial charge in [0.25, 0.3) is 0 Å². The Balaban J connectivity index is 3.89. The first-order valence-corrected chi connectivity index (χ1v) is 9.01. The summed E-state index contributed by atoms with van der Waals surface area (Å²) in [7, 11) is -2.93. The Labute approximate surface area is 119 Å². The number of hydrogen-bond donors (Lipinski definition) is 0. The van der Waals surface area contributed by atoms with Crippen molar-refractivity contribution in [3.05, 3.63) is 0 Å². The van der Waals surface area contributed by atoms with Crippen molar-refractivity contribution in [1.29, 1.82) is 0 Å². The molecule has 0 aromatic rings. The highest BCUT2D eigenvalue weighted by Gasteiger charge is 2.44. The molecule has 116 valence electrons. The van der Waals surface area contributed by atoms with Gasteiger partial charge in [0.1, 0.15) is 0 Å². The summed E-state index contributed by atoms with van der Waals surface area (Å²) in [5.74, 6) is 0. The molecule has 0 unspecified atom stereocenters. The zero-order valence-corrected chi connectivity index (χ0v) is 13.9. The summed E-state index contributed by atoms with van der Waals surface area (Å²) in [4.78, 5) is 0. The van der Waals surface area contributed by atoms with Gasteiger partial charge in [0, 0.05) is 39.6 Å². The normalized spacial score (nSPS) is 12.0. The molecule has 0 rings (SSSR count). The highest BCUT2D eigenvalue weighted by Crippen LogP contribution is 2.12. The molecule has 19 heavy (non-hydrogen) atoms. The quantitative estimate of drug-likeness (QED) is 0.364. The molecular weight excluding hydrogens is 264 g/mol. The van der Waals surface area contributed by atoms with E-state index in [1.165, 1.54) is 0 Å². The molecule has 0 saturated carbocycles. The van der Waals surface area contributed by atoms with Crippen LogP contribution in [-0.2, 0) is 22.4 Å². The van der Waals surface area contributed by atoms with E-state index in [1.807, 2.05) is 20.8 Å². The molecule has 0 aromatic carbocycles. The van der Waals surface area contributed by atoms with Gasteiger partial charge < -0.3 is 22.4 Å². The summed E-state index contributed by atoms with van der Waals surface area (Å²) in [6, 6.07) is 0. The number of rotatable bonds is 14. The van der Waals surface area contributed by atoms with Gasteiger partial charge in [0.05, 0.1) is 0 Å². The molecule has 0 aromatic heterocycles. The molecule has 0 N–H and O–H groups in total. The second-order valence-corrected chi connectivity index (χ2v) is 6.12. The molecule has 0 atom stereocenters. The smallest absolute Gasteiger partial charge is 0.381 e. The minimum Gasteiger partial charge on any atom is -0.381 e. The average molecular weight is 294 g/mol. The SMILES string of the molecule is CCCCOCCCO[Si](OCC)(OCC)OCC. The molecule has 0 aliphatic carbocycles. The van der Waals surface area contributed by atoms with Crippen molar-refractivity contribution in [3.8, 4) is 0 Å². The van der Waals surface area contributed by atoms with Crippen molar-refractivity contribution in [1.82, 2.24) is 0 Å². The van der Waals surface area contributed by atoms with Gasteiger partial charge >= 0.3 is 9.05 Å². The van der Waals surface area contributed by atoms with E-state index in [4.69, 9.17) is 22.4 Å². The summed E-state index contributed by atoms with van der Waals surface area (Å²) < 4.78 is 28.0. The largest absolute Gasteiger partial charge is 0.679 e. The van der Waals surface area contributed by atoms with Crippen LogP contribution >= 0.6 is 0 Å². The first kappa shape index (κ1) is 19.0. The van der Waals surface area contributed by atoms with Crippen LogP contribution in [0.25, 0.3) is 0 Å². The molecule has 5 nitrogen and oxygen atoms in total. The lowest BCUT2D eigenvalue weighted by Crippen LogP contribution is -2.49. The molecule has 0 radical (unpaired) electrons. The minimum absolute atomic E-state index is 0.527. The first-order valence-electron chi connectivity index (χ1n) is 7.38. The van der Waals surface area contributed by atoms with Crippen molar-refractivity contribution < 1.29 is 22.4 Å². The highest BCUT2D eigenvalue weighted by molar-refractivity contribution is 6.53. The van der Waals surface area contributed by atoms with Gasteiger partial charge in [-0.2, -0.15) is 0 Å². The third-order valence-corrected chi connectivity index (χ3v) is 4.80. The van der Waals surface area contributed by atoms with E-state index in [0.717, 1.165) is 25.9 Å². The van der Waals surface area contributed by atoms with Gasteiger partial charge in [-0.05, 0) is 33.6 Å². The van der Waals surface area contributed by atoms with Gasteiger partial charge in [0.2, 0.25) is 0 Å². The van der Waals surface area contributed by atoms with Crippen LogP contribution < -0.4 is 0 Å². The predicted octanol–water partition coefficient (Wildman–Crippen LogP) is 2.75. The van der Waals surface area contributed by atoms with Gasteiger partial charge in [-0.25, -0.2) is 0 Å². The second-order valence-electron chi connectivity index (χ2n) is 3.97. The van der Waals surface area contributed by atoms with Crippen LogP contribution in [-0.4, -0.2) is 48.7 Å². The molecule has 0 aliphatic heterocycles. The van der Waals surface area contributed by atoms with E-state index < -0.39 is 9.05 Å². The zero-order chi connectivity index (χ0) is 14.4. The molecule has 0 saturated heterocycles. The van der Waals surface area contributed by atoms with Crippen LogP contribution in [0.3, 0.4) is 0 Å². The maximum atomic E-state index is 5.75. The van der Waals surface area contributed by atoms with E-state index in [-0.39, 0.29) is 0 Å². The van der Waals surface area contributed by atoms with Crippen LogP contribution in [0.15, 0.2) is 0 Å². The summed E-state index contributed by atoms with van der Waals surface area (Å²) in [5, 5.41) is 0. The maximum Gasteiger partial charge on any atom is 0.679 e. The van der Waals surface area contributed by atoms with E-state index >= 15 is 0 Å². The molecule has 0 spiro atoms. The summed E-state index contributed by atoms with van der Waals surface area (Å²) in [6.07, 6.45) is 3.09. The summed E-state index contributed by atoms with van der Waals surface area (Å²) >= 11 is 0. The Morgan fingerprint density at radius 1 is 0.632 bits per heavy atom. The van der Waals surface area contributed by atoms with Crippen LogP contribution in [0.1, 0.15) is 47.0 Å². The molecule has 0 aliphatic rings. The number of unbranched alkanes of at least 4 members (excludes halogenated alkanes) is 1. The summed E-state index contributed by atoms with van der Waals surface area (Å²) in [6.45, 7) is 11.5. The topological polar surface area (TPSA) is 46.2 Å². The number of ether oxygens (including phenoxy) is 1. The van der Waals surface area contributed by atoms with Gasteiger partial charge in [-0.15, -0.1) is 0 Å². The Bertz CT molecular complexity index is 175. The Morgan fingerprint density at radius 3 is 1.63 bits per heavy atom. The predicted molar refractivity (Wildman–Crippen MR) is 76.9 cm³/mol. The molecular formula is C13H30O5Si. The lowest BCUT2D eigenvalue weighted by molar-refractivity contribution is -0.0308. The molecule has 0 amide bonds. The Kier molecular flexibility index (Phi) is 13.0. The fraction of sp³-hybridized carbons (Fsp3) is 1.00. The zero-order valence-electron chi connectivity index (χ0n) is 12.9. The van der Waals surface area contributed by atoms with E-state index in [9.17, 15) is 0 Å². The van der Waals surface area contributed by atoms with E-state index in [2.05, 4.69) is 6.92 Å². The van der Waals surface area contributed by atoms with Crippen LogP contribution in [0, 0.1) is 0 Å². The fourth-order valence-corrected chi connectivity index (χ4v) is 3.44. The van der Waals surface area contributed by atoms with E-state index in [0.29, 0.717) is 33.0 Å². The molecule has 0 bridgehead atoms. The van der Waals surface area contributed by atoms with Crippen LogP contribution in [0.5, 0.6) is 0 Å². The van der Waals surface area contributed by atoms with Gasteiger partial charge in [-0.1, -0.05) is 13.3 Å². The standard InChI is InChI=1S/C13H30O5Si/c1-5-9-11-14-12-10-13-18-19(15-6-2,16-7-3)17-8-4/h5-13H2,1-4H3. The van der Waals surface area contributed by atoms with Gasteiger partial charge in [0.15, 0.2) is 0 Å². The van der Waals surface area contributed by atoms with Crippen molar-refractivity contribution >= 4 is 9.05 Å². The van der Waals surface area contributed by atoms with Crippen molar-refractivity contribution in [3.63, 3.8) is 0 Å². The Hall–Kier alpha value is 0.0169. The third-order valence-electron chi connectivity index (χ3n) is 2.32. The Morgan fingerprint density at radius 2 is 1.16 bits per heavy atom. The van der Waals surface area contributed by atoms with E-state index in [1.54, 1.807) is 0 Å². The monoisotopic (exact) mass is 294 g/mol. The summed E-state index contributed by atoms with van der Waals surface area (Å²) in [5.41, 5.74) is 0. The highest BCUT2D eigenvalue weighted by atomic mass is 28.4. The minimum atomic E-state index is -2.93. The average Bonchev–Trinajstić information content (AvgIpc) is 2.39. The molecule has 0 fully saturated rings. The molecule has 0 heterocycles.